The molecule has 2 aromatic rings. The Morgan fingerprint density at radius 1 is 1.03 bits per heavy atom. The largest absolute Gasteiger partial charge is 0.355 e. The molecule has 0 spiro atoms. The number of anilines is 1. The molecule has 0 bridgehead atoms. The summed E-state index contributed by atoms with van der Waals surface area (Å²) in [6, 6.07) is 11.6. The lowest BCUT2D eigenvalue weighted by atomic mass is 10.1. The third-order valence-electron chi connectivity index (χ3n) is 4.61. The van der Waals surface area contributed by atoms with Gasteiger partial charge in [0, 0.05) is 37.5 Å². The monoisotopic (exact) mass is 429 g/mol. The van der Waals surface area contributed by atoms with E-state index in [1.54, 1.807) is 70.3 Å². The van der Waals surface area contributed by atoms with Gasteiger partial charge in [-0.25, -0.2) is 8.42 Å². The van der Waals surface area contributed by atoms with Crippen LogP contribution in [0.2, 0.25) is 0 Å². The van der Waals surface area contributed by atoms with Gasteiger partial charge >= 0.3 is 0 Å². The van der Waals surface area contributed by atoms with Gasteiger partial charge in [-0.3, -0.25) is 9.59 Å². The van der Waals surface area contributed by atoms with E-state index in [1.165, 1.54) is 16.4 Å². The standard InChI is InChI=1S/C22H27N3O4S/c1-5-25(6-2)30(28,29)20-15-19(13-7-16(20)3)24-21(26)14-10-17-8-11-18(12-9-17)22(27)23-4/h7-15H,5-6H2,1-4H3,(H,23,27)(H,24,26)/b14-10+. The van der Waals surface area contributed by atoms with Crippen molar-refractivity contribution in [2.75, 3.05) is 25.5 Å². The minimum absolute atomic E-state index is 0.178. The zero-order valence-corrected chi connectivity index (χ0v) is 18.4. The van der Waals surface area contributed by atoms with E-state index in [0.29, 0.717) is 29.9 Å². The third-order valence-corrected chi connectivity index (χ3v) is 6.80. The van der Waals surface area contributed by atoms with Crippen LogP contribution in [0.1, 0.15) is 35.3 Å². The van der Waals surface area contributed by atoms with Crippen LogP contribution in [0.4, 0.5) is 5.69 Å². The van der Waals surface area contributed by atoms with Gasteiger partial charge in [-0.05, 0) is 48.4 Å². The highest BCUT2D eigenvalue weighted by molar-refractivity contribution is 7.89. The maximum Gasteiger partial charge on any atom is 0.251 e. The highest BCUT2D eigenvalue weighted by Gasteiger charge is 2.23. The molecule has 0 aromatic heterocycles. The maximum atomic E-state index is 12.8. The van der Waals surface area contributed by atoms with Crippen molar-refractivity contribution in [2.45, 2.75) is 25.7 Å². The Kier molecular flexibility index (Phi) is 7.91. The number of aryl methyl sites for hydroxylation is 1. The first kappa shape index (κ1) is 23.3. The zero-order valence-electron chi connectivity index (χ0n) is 17.6. The molecule has 2 amide bonds. The molecule has 2 rings (SSSR count). The number of nitrogens with zero attached hydrogens (tertiary/aromatic N) is 1. The summed E-state index contributed by atoms with van der Waals surface area (Å²) in [7, 11) is -2.07. The smallest absolute Gasteiger partial charge is 0.251 e. The number of carbonyl (C=O) groups excluding carboxylic acids is 2. The predicted octanol–water partition coefficient (Wildman–Crippen LogP) is 3.04. The average molecular weight is 430 g/mol. The fraction of sp³-hybridized carbons (Fsp3) is 0.273. The summed E-state index contributed by atoms with van der Waals surface area (Å²) >= 11 is 0. The van der Waals surface area contributed by atoms with E-state index >= 15 is 0 Å². The van der Waals surface area contributed by atoms with E-state index in [1.807, 2.05) is 0 Å². The number of sulfonamides is 1. The van der Waals surface area contributed by atoms with Crippen LogP contribution in [-0.2, 0) is 14.8 Å². The molecule has 0 aliphatic heterocycles. The normalized spacial score (nSPS) is 11.6. The van der Waals surface area contributed by atoms with Crippen molar-refractivity contribution < 1.29 is 18.0 Å². The number of hydrogen-bond donors (Lipinski definition) is 2. The molecule has 30 heavy (non-hydrogen) atoms. The van der Waals surface area contributed by atoms with Gasteiger partial charge in [-0.1, -0.05) is 32.0 Å². The lowest BCUT2D eigenvalue weighted by molar-refractivity contribution is -0.111. The summed E-state index contributed by atoms with van der Waals surface area (Å²) < 4.78 is 27.0. The van der Waals surface area contributed by atoms with Crippen LogP contribution in [0.3, 0.4) is 0 Å². The topological polar surface area (TPSA) is 95.6 Å². The lowest BCUT2D eigenvalue weighted by Gasteiger charge is -2.20. The van der Waals surface area contributed by atoms with Crippen LogP contribution >= 0.6 is 0 Å². The first-order chi connectivity index (χ1) is 14.2. The Morgan fingerprint density at radius 2 is 1.67 bits per heavy atom. The van der Waals surface area contributed by atoms with Gasteiger partial charge in [0.25, 0.3) is 5.91 Å². The van der Waals surface area contributed by atoms with Gasteiger partial charge in [0.2, 0.25) is 15.9 Å². The summed E-state index contributed by atoms with van der Waals surface area (Å²) in [5.74, 6) is -0.571. The SMILES string of the molecule is CCN(CC)S(=O)(=O)c1cc(NC(=O)/C=C/c2ccc(C(=O)NC)cc2)ccc1C. The van der Waals surface area contributed by atoms with Gasteiger partial charge in [0.05, 0.1) is 4.90 Å². The molecule has 2 aromatic carbocycles. The first-order valence-corrected chi connectivity index (χ1v) is 11.1. The molecule has 0 aliphatic rings. The third kappa shape index (κ3) is 5.55. The molecule has 0 saturated heterocycles. The Labute approximate surface area is 177 Å². The Bertz CT molecular complexity index is 1040. The molecular formula is C22H27N3O4S. The van der Waals surface area contributed by atoms with Gasteiger partial charge in [0.1, 0.15) is 0 Å². The molecule has 0 aliphatic carbocycles. The Morgan fingerprint density at radius 3 is 2.23 bits per heavy atom. The minimum Gasteiger partial charge on any atom is -0.355 e. The highest BCUT2D eigenvalue weighted by Crippen LogP contribution is 2.23. The van der Waals surface area contributed by atoms with Crippen LogP contribution in [0.15, 0.2) is 53.4 Å². The van der Waals surface area contributed by atoms with E-state index in [2.05, 4.69) is 10.6 Å². The molecule has 0 atom stereocenters. The number of carbonyl (C=O) groups is 2. The molecule has 0 heterocycles. The van der Waals surface area contributed by atoms with Crippen LogP contribution in [0.25, 0.3) is 6.08 Å². The van der Waals surface area contributed by atoms with Crippen molar-refractivity contribution in [3.05, 3.63) is 65.2 Å². The van der Waals surface area contributed by atoms with E-state index in [0.717, 1.165) is 5.56 Å². The van der Waals surface area contributed by atoms with E-state index in [9.17, 15) is 18.0 Å². The summed E-state index contributed by atoms with van der Waals surface area (Å²) in [4.78, 5) is 24.0. The van der Waals surface area contributed by atoms with Gasteiger partial charge in [0.15, 0.2) is 0 Å². The van der Waals surface area contributed by atoms with Gasteiger partial charge in [-0.2, -0.15) is 4.31 Å². The van der Waals surface area contributed by atoms with Crippen molar-refractivity contribution in [3.63, 3.8) is 0 Å². The Balaban J connectivity index is 2.15. The predicted molar refractivity (Wildman–Crippen MR) is 119 cm³/mol. The van der Waals surface area contributed by atoms with E-state index < -0.39 is 10.0 Å². The van der Waals surface area contributed by atoms with Crippen LogP contribution in [-0.4, -0.2) is 44.7 Å². The number of hydrogen-bond acceptors (Lipinski definition) is 4. The molecule has 8 heteroatoms. The highest BCUT2D eigenvalue weighted by atomic mass is 32.2. The van der Waals surface area contributed by atoms with E-state index in [-0.39, 0.29) is 16.7 Å². The quantitative estimate of drug-likeness (QED) is 0.631. The number of nitrogens with one attached hydrogen (secondary N) is 2. The molecule has 0 saturated carbocycles. The average Bonchev–Trinajstić information content (AvgIpc) is 2.74. The molecule has 7 nitrogen and oxygen atoms in total. The molecule has 0 unspecified atom stereocenters. The zero-order chi connectivity index (χ0) is 22.3. The lowest BCUT2D eigenvalue weighted by Crippen LogP contribution is -2.31. The van der Waals surface area contributed by atoms with Crippen LogP contribution < -0.4 is 10.6 Å². The van der Waals surface area contributed by atoms with E-state index in [4.69, 9.17) is 0 Å². The summed E-state index contributed by atoms with van der Waals surface area (Å²) in [5, 5.41) is 5.24. The van der Waals surface area contributed by atoms with Crippen molar-refractivity contribution >= 4 is 33.6 Å². The van der Waals surface area contributed by atoms with Crippen molar-refractivity contribution in [2.24, 2.45) is 0 Å². The summed E-state index contributed by atoms with van der Waals surface area (Å²) in [5.41, 5.74) is 2.30. The second-order valence-corrected chi connectivity index (χ2v) is 8.50. The molecular weight excluding hydrogens is 402 g/mol. The first-order valence-electron chi connectivity index (χ1n) is 9.65. The molecule has 0 fully saturated rings. The van der Waals surface area contributed by atoms with Crippen molar-refractivity contribution in [3.8, 4) is 0 Å². The number of rotatable bonds is 8. The van der Waals surface area contributed by atoms with Crippen molar-refractivity contribution in [1.29, 1.82) is 0 Å². The molecule has 160 valence electrons. The molecule has 2 N–H and O–H groups in total. The van der Waals surface area contributed by atoms with Crippen LogP contribution in [0.5, 0.6) is 0 Å². The fourth-order valence-corrected chi connectivity index (χ4v) is 4.61. The second kappa shape index (κ2) is 10.2. The van der Waals surface area contributed by atoms with Crippen LogP contribution in [0, 0.1) is 6.92 Å². The summed E-state index contributed by atoms with van der Waals surface area (Å²) in [6.07, 6.45) is 2.97. The van der Waals surface area contributed by atoms with Crippen molar-refractivity contribution in [1.82, 2.24) is 9.62 Å². The number of amides is 2. The summed E-state index contributed by atoms with van der Waals surface area (Å²) in [6.45, 7) is 6.04. The molecule has 0 radical (unpaired) electrons. The minimum atomic E-state index is -3.63. The van der Waals surface area contributed by atoms with Gasteiger partial charge in [-0.15, -0.1) is 0 Å². The Hall–Kier alpha value is -2.97. The number of benzene rings is 2. The fourth-order valence-electron chi connectivity index (χ4n) is 2.90. The van der Waals surface area contributed by atoms with Gasteiger partial charge < -0.3 is 10.6 Å². The second-order valence-electron chi connectivity index (χ2n) is 6.59. The maximum absolute atomic E-state index is 12.8.